The number of nitrogens with two attached hydrogens (primary N) is 1. The summed E-state index contributed by atoms with van der Waals surface area (Å²) in [5.74, 6) is -1.53. The first-order chi connectivity index (χ1) is 15.1. The van der Waals surface area contributed by atoms with Gasteiger partial charge >= 0.3 is 11.8 Å². The van der Waals surface area contributed by atoms with Crippen molar-refractivity contribution in [3.63, 3.8) is 0 Å². The van der Waals surface area contributed by atoms with Crippen LogP contribution in [0.4, 0.5) is 5.69 Å². The molecule has 0 unspecified atom stereocenters. The number of nitrogens with zero attached hydrogens (tertiary/aromatic N) is 1. The van der Waals surface area contributed by atoms with Gasteiger partial charge in [-0.15, -0.1) is 0 Å². The summed E-state index contributed by atoms with van der Waals surface area (Å²) in [5, 5.41) is 9.42. The standard InChI is InChI=1S/C26H44N2O3/c1-2-3-4-5-6-7-8-9-10-11-12-13-14-15-16-17-22-28(26(31)25(27)30)23-18-20-24(29)21-19-23/h18-21,29H,2-17,22H2,1H3,(H2,27,30). The zero-order chi connectivity index (χ0) is 22.7. The molecule has 3 N–H and O–H groups in total. The van der Waals surface area contributed by atoms with Crippen LogP contribution >= 0.6 is 0 Å². The van der Waals surface area contributed by atoms with Gasteiger partial charge in [0.1, 0.15) is 5.75 Å². The highest BCUT2D eigenvalue weighted by molar-refractivity contribution is 6.39. The van der Waals surface area contributed by atoms with Crippen molar-refractivity contribution in [1.29, 1.82) is 0 Å². The van der Waals surface area contributed by atoms with Crippen molar-refractivity contribution < 1.29 is 14.7 Å². The van der Waals surface area contributed by atoms with E-state index in [9.17, 15) is 14.7 Å². The SMILES string of the molecule is CCCCCCCCCCCCCCCCCCN(C(=O)C(N)=O)c1ccc(O)cc1. The molecule has 0 fully saturated rings. The molecule has 0 heterocycles. The number of phenols is 1. The fourth-order valence-corrected chi connectivity index (χ4v) is 3.93. The molecule has 2 amide bonds. The fourth-order valence-electron chi connectivity index (χ4n) is 3.93. The zero-order valence-corrected chi connectivity index (χ0v) is 19.6. The van der Waals surface area contributed by atoms with Gasteiger partial charge in [-0.2, -0.15) is 0 Å². The molecular formula is C26H44N2O3. The lowest BCUT2D eigenvalue weighted by Crippen LogP contribution is -2.41. The van der Waals surface area contributed by atoms with Crippen LogP contribution < -0.4 is 10.6 Å². The first-order valence-corrected chi connectivity index (χ1v) is 12.5. The number of carbonyl (C=O) groups is 2. The van der Waals surface area contributed by atoms with Crippen molar-refractivity contribution in [3.05, 3.63) is 24.3 Å². The third-order valence-electron chi connectivity index (χ3n) is 5.85. The number of amides is 2. The quantitative estimate of drug-likeness (QED) is 0.206. The molecule has 0 aromatic heterocycles. The summed E-state index contributed by atoms with van der Waals surface area (Å²) in [7, 11) is 0. The topological polar surface area (TPSA) is 83.6 Å². The van der Waals surface area contributed by atoms with Crippen LogP contribution in [0.3, 0.4) is 0 Å². The van der Waals surface area contributed by atoms with Crippen LogP contribution in [0.1, 0.15) is 110 Å². The number of unbranched alkanes of at least 4 members (excludes halogenated alkanes) is 15. The Morgan fingerprint density at radius 3 is 1.48 bits per heavy atom. The number of carbonyl (C=O) groups excluding carboxylic acids is 2. The molecule has 0 aliphatic carbocycles. The molecule has 0 saturated carbocycles. The van der Waals surface area contributed by atoms with Gasteiger partial charge in [0.15, 0.2) is 0 Å². The molecule has 176 valence electrons. The Morgan fingerprint density at radius 1 is 0.710 bits per heavy atom. The molecule has 1 aromatic carbocycles. The largest absolute Gasteiger partial charge is 0.508 e. The lowest BCUT2D eigenvalue weighted by molar-refractivity contribution is -0.135. The minimum absolute atomic E-state index is 0.123. The van der Waals surface area contributed by atoms with E-state index in [1.807, 2.05) is 0 Å². The van der Waals surface area contributed by atoms with E-state index >= 15 is 0 Å². The van der Waals surface area contributed by atoms with Gasteiger partial charge in [-0.3, -0.25) is 9.59 Å². The van der Waals surface area contributed by atoms with Crippen LogP contribution in [0.2, 0.25) is 0 Å². The highest BCUT2D eigenvalue weighted by Crippen LogP contribution is 2.20. The summed E-state index contributed by atoms with van der Waals surface area (Å²) in [6, 6.07) is 6.26. The van der Waals surface area contributed by atoms with Crippen LogP contribution in [0.15, 0.2) is 24.3 Å². The van der Waals surface area contributed by atoms with Crippen LogP contribution in [0.25, 0.3) is 0 Å². The molecule has 0 bridgehead atoms. The van der Waals surface area contributed by atoms with Crippen LogP contribution in [-0.4, -0.2) is 23.5 Å². The highest BCUT2D eigenvalue weighted by atomic mass is 16.3. The summed E-state index contributed by atoms with van der Waals surface area (Å²) in [6.07, 6.45) is 20.7. The van der Waals surface area contributed by atoms with Crippen LogP contribution in [-0.2, 0) is 9.59 Å². The predicted octanol–water partition coefficient (Wildman–Crippen LogP) is 6.47. The van der Waals surface area contributed by atoms with E-state index in [1.165, 1.54) is 101 Å². The van der Waals surface area contributed by atoms with Gasteiger partial charge < -0.3 is 15.7 Å². The summed E-state index contributed by atoms with van der Waals surface area (Å²) in [5.41, 5.74) is 5.77. The molecular weight excluding hydrogens is 388 g/mol. The molecule has 1 aromatic rings. The van der Waals surface area contributed by atoms with Gasteiger partial charge in [-0.1, -0.05) is 103 Å². The van der Waals surface area contributed by atoms with E-state index in [2.05, 4.69) is 6.92 Å². The van der Waals surface area contributed by atoms with Crippen molar-refractivity contribution >= 4 is 17.5 Å². The summed E-state index contributed by atoms with van der Waals surface area (Å²) >= 11 is 0. The number of hydrogen-bond acceptors (Lipinski definition) is 3. The number of phenolic OH excluding ortho intramolecular Hbond substituents is 1. The van der Waals surface area contributed by atoms with E-state index in [0.717, 1.165) is 19.3 Å². The van der Waals surface area contributed by atoms with Gasteiger partial charge in [-0.25, -0.2) is 0 Å². The van der Waals surface area contributed by atoms with Crippen molar-refractivity contribution in [2.75, 3.05) is 11.4 Å². The Hall–Kier alpha value is -2.04. The van der Waals surface area contributed by atoms with Crippen molar-refractivity contribution in [3.8, 4) is 5.75 Å². The second-order valence-corrected chi connectivity index (χ2v) is 8.64. The second kappa shape index (κ2) is 17.6. The highest BCUT2D eigenvalue weighted by Gasteiger charge is 2.20. The normalized spacial score (nSPS) is 10.9. The average Bonchev–Trinajstić information content (AvgIpc) is 2.76. The number of primary amides is 1. The molecule has 0 saturated heterocycles. The lowest BCUT2D eigenvalue weighted by atomic mass is 10.0. The summed E-state index contributed by atoms with van der Waals surface area (Å²) < 4.78 is 0. The predicted molar refractivity (Wildman–Crippen MR) is 129 cm³/mol. The van der Waals surface area contributed by atoms with Gasteiger partial charge in [0.25, 0.3) is 0 Å². The first-order valence-electron chi connectivity index (χ1n) is 12.5. The maximum absolute atomic E-state index is 12.1. The molecule has 0 aliphatic rings. The lowest BCUT2D eigenvalue weighted by Gasteiger charge is -2.21. The molecule has 5 heteroatoms. The van der Waals surface area contributed by atoms with E-state index < -0.39 is 11.8 Å². The summed E-state index contributed by atoms with van der Waals surface area (Å²) in [4.78, 5) is 24.9. The van der Waals surface area contributed by atoms with E-state index in [0.29, 0.717) is 12.2 Å². The Bertz CT molecular complexity index is 601. The van der Waals surface area contributed by atoms with E-state index in [4.69, 9.17) is 5.73 Å². The zero-order valence-electron chi connectivity index (χ0n) is 19.6. The van der Waals surface area contributed by atoms with E-state index in [1.54, 1.807) is 12.1 Å². The summed E-state index contributed by atoms with van der Waals surface area (Å²) in [6.45, 7) is 2.73. The fraction of sp³-hybridized carbons (Fsp3) is 0.692. The Labute approximate surface area is 189 Å². The second-order valence-electron chi connectivity index (χ2n) is 8.64. The molecule has 0 atom stereocenters. The average molecular weight is 433 g/mol. The molecule has 5 nitrogen and oxygen atoms in total. The first kappa shape index (κ1) is 27.0. The maximum Gasteiger partial charge on any atom is 0.316 e. The monoisotopic (exact) mass is 432 g/mol. The molecule has 0 radical (unpaired) electrons. The number of anilines is 1. The van der Waals surface area contributed by atoms with Crippen LogP contribution in [0, 0.1) is 0 Å². The van der Waals surface area contributed by atoms with Crippen molar-refractivity contribution in [2.45, 2.75) is 110 Å². The third-order valence-corrected chi connectivity index (χ3v) is 5.85. The Balaban J connectivity index is 2.04. The number of benzene rings is 1. The minimum Gasteiger partial charge on any atom is -0.508 e. The van der Waals surface area contributed by atoms with Crippen LogP contribution in [0.5, 0.6) is 5.75 Å². The molecule has 31 heavy (non-hydrogen) atoms. The van der Waals surface area contributed by atoms with Gasteiger partial charge in [0, 0.05) is 12.2 Å². The number of aromatic hydroxyl groups is 1. The molecule has 1 rings (SSSR count). The maximum atomic E-state index is 12.1. The van der Waals surface area contributed by atoms with Crippen molar-refractivity contribution in [2.24, 2.45) is 5.73 Å². The molecule has 0 aliphatic heterocycles. The van der Waals surface area contributed by atoms with E-state index in [-0.39, 0.29) is 5.75 Å². The van der Waals surface area contributed by atoms with Gasteiger partial charge in [-0.05, 0) is 30.7 Å². The Morgan fingerprint density at radius 2 is 1.10 bits per heavy atom. The minimum atomic E-state index is -0.954. The van der Waals surface area contributed by atoms with Gasteiger partial charge in [0.2, 0.25) is 0 Å². The van der Waals surface area contributed by atoms with Crippen molar-refractivity contribution in [1.82, 2.24) is 0 Å². The number of rotatable bonds is 18. The number of hydrogen-bond donors (Lipinski definition) is 2. The third kappa shape index (κ3) is 13.1. The van der Waals surface area contributed by atoms with Gasteiger partial charge in [0.05, 0.1) is 0 Å². The Kier molecular flexibility index (Phi) is 15.3. The smallest absolute Gasteiger partial charge is 0.316 e. The molecule has 0 spiro atoms.